The molecule has 1 amide bonds. The van der Waals surface area contributed by atoms with Crippen LogP contribution in [-0.2, 0) is 16.0 Å². The second-order valence-electron chi connectivity index (χ2n) is 8.68. The standard InChI is InChI=1S/C27H25ClN2O3/c28-19-12-9-17(10-13-19)15-18-11-14-22-25(21-7-3-4-8-23(21)30-26(18)22)27(32)33-16-24(31)29-20-5-1-2-6-20/h3-4,7-10,12-13,15,20H,1-2,5-6,11,14,16H2,(H,29,31)/b18-15-. The zero-order valence-electron chi connectivity index (χ0n) is 18.3. The highest BCUT2D eigenvalue weighted by Gasteiger charge is 2.28. The lowest BCUT2D eigenvalue weighted by molar-refractivity contribution is -0.124. The van der Waals surface area contributed by atoms with E-state index in [1.807, 2.05) is 48.5 Å². The molecule has 2 aromatic carbocycles. The molecule has 0 aliphatic heterocycles. The minimum absolute atomic E-state index is 0.197. The van der Waals surface area contributed by atoms with Gasteiger partial charge in [0.2, 0.25) is 0 Å². The van der Waals surface area contributed by atoms with E-state index in [1.54, 1.807) is 0 Å². The number of para-hydroxylation sites is 1. The molecule has 5 rings (SSSR count). The van der Waals surface area contributed by atoms with Crippen LogP contribution in [0.4, 0.5) is 0 Å². The number of halogens is 1. The molecule has 1 heterocycles. The molecule has 2 aliphatic rings. The van der Waals surface area contributed by atoms with Crippen LogP contribution in [0.15, 0.2) is 48.5 Å². The molecule has 1 fully saturated rings. The average Bonchev–Trinajstić information content (AvgIpc) is 3.47. The Bertz CT molecular complexity index is 1240. The molecule has 0 saturated heterocycles. The molecular formula is C27H25ClN2O3. The van der Waals surface area contributed by atoms with Gasteiger partial charge in [-0.2, -0.15) is 0 Å². The molecule has 0 spiro atoms. The zero-order chi connectivity index (χ0) is 22.8. The molecule has 0 radical (unpaired) electrons. The average molecular weight is 461 g/mol. The van der Waals surface area contributed by atoms with Crippen LogP contribution >= 0.6 is 11.6 Å². The van der Waals surface area contributed by atoms with Crippen LogP contribution in [0.3, 0.4) is 0 Å². The third-order valence-corrected chi connectivity index (χ3v) is 6.66. The van der Waals surface area contributed by atoms with E-state index in [0.717, 1.165) is 65.4 Å². The minimum atomic E-state index is -0.473. The highest BCUT2D eigenvalue weighted by atomic mass is 35.5. The lowest BCUT2D eigenvalue weighted by atomic mass is 10.0. The molecule has 3 aromatic rings. The van der Waals surface area contributed by atoms with Gasteiger partial charge in [-0.05, 0) is 66.7 Å². The summed E-state index contributed by atoms with van der Waals surface area (Å²) < 4.78 is 5.49. The lowest BCUT2D eigenvalue weighted by Crippen LogP contribution is -2.36. The first-order valence-electron chi connectivity index (χ1n) is 11.4. The molecule has 0 unspecified atom stereocenters. The van der Waals surface area contributed by atoms with Crippen LogP contribution in [0.5, 0.6) is 0 Å². The molecule has 6 heteroatoms. The van der Waals surface area contributed by atoms with E-state index in [-0.39, 0.29) is 18.6 Å². The predicted molar refractivity (Wildman–Crippen MR) is 130 cm³/mol. The van der Waals surface area contributed by atoms with Gasteiger partial charge in [-0.1, -0.05) is 54.8 Å². The fourth-order valence-corrected chi connectivity index (χ4v) is 4.94. The van der Waals surface area contributed by atoms with E-state index >= 15 is 0 Å². The molecular weight excluding hydrogens is 436 g/mol. The number of carbonyl (C=O) groups is 2. The number of benzene rings is 2. The maximum Gasteiger partial charge on any atom is 0.339 e. The maximum atomic E-state index is 13.2. The first-order chi connectivity index (χ1) is 16.1. The number of nitrogens with zero attached hydrogens (tertiary/aromatic N) is 1. The number of ether oxygens (including phenoxy) is 1. The van der Waals surface area contributed by atoms with Gasteiger partial charge in [-0.15, -0.1) is 0 Å². The van der Waals surface area contributed by atoms with Crippen molar-refractivity contribution in [2.45, 2.75) is 44.6 Å². The first kappa shape index (κ1) is 21.7. The third-order valence-electron chi connectivity index (χ3n) is 6.41. The van der Waals surface area contributed by atoms with Crippen LogP contribution in [0, 0.1) is 0 Å². The number of carbonyl (C=O) groups excluding carboxylic acids is 2. The van der Waals surface area contributed by atoms with Crippen LogP contribution < -0.4 is 5.32 Å². The largest absolute Gasteiger partial charge is 0.452 e. The Morgan fingerprint density at radius 1 is 1.06 bits per heavy atom. The fourth-order valence-electron chi connectivity index (χ4n) is 4.82. The number of rotatable bonds is 5. The van der Waals surface area contributed by atoms with E-state index in [4.69, 9.17) is 21.3 Å². The number of hydrogen-bond donors (Lipinski definition) is 1. The quantitative estimate of drug-likeness (QED) is 0.504. The fraction of sp³-hybridized carbons (Fsp3) is 0.296. The van der Waals surface area contributed by atoms with Crippen molar-refractivity contribution >= 4 is 46.0 Å². The van der Waals surface area contributed by atoms with Gasteiger partial charge in [0.05, 0.1) is 16.8 Å². The Morgan fingerprint density at radius 3 is 2.61 bits per heavy atom. The summed E-state index contributed by atoms with van der Waals surface area (Å²) in [5, 5.41) is 4.41. The summed E-state index contributed by atoms with van der Waals surface area (Å²) in [5.41, 5.74) is 5.07. The lowest BCUT2D eigenvalue weighted by Gasteiger charge is -2.14. The van der Waals surface area contributed by atoms with Gasteiger partial charge in [0.25, 0.3) is 5.91 Å². The maximum absolute atomic E-state index is 13.2. The summed E-state index contributed by atoms with van der Waals surface area (Å²) in [6.07, 6.45) is 7.82. The summed E-state index contributed by atoms with van der Waals surface area (Å²) in [6, 6.07) is 15.4. The summed E-state index contributed by atoms with van der Waals surface area (Å²) in [7, 11) is 0. The normalized spacial score (nSPS) is 16.8. The summed E-state index contributed by atoms with van der Waals surface area (Å²) in [5.74, 6) is -0.715. The molecule has 0 bridgehead atoms. The minimum Gasteiger partial charge on any atom is -0.452 e. The summed E-state index contributed by atoms with van der Waals surface area (Å²) >= 11 is 6.02. The number of allylic oxidation sites excluding steroid dienone is 1. The molecule has 168 valence electrons. The number of pyridine rings is 1. The highest BCUT2D eigenvalue weighted by molar-refractivity contribution is 6.30. The summed E-state index contributed by atoms with van der Waals surface area (Å²) in [4.78, 5) is 30.4. The number of amides is 1. The Labute approximate surface area is 197 Å². The number of fused-ring (bicyclic) bond motifs is 2. The Balaban J connectivity index is 1.44. The molecule has 1 saturated carbocycles. The number of nitrogens with one attached hydrogen (secondary N) is 1. The monoisotopic (exact) mass is 460 g/mol. The molecule has 5 nitrogen and oxygen atoms in total. The van der Waals surface area contributed by atoms with Crippen molar-refractivity contribution in [2.75, 3.05) is 6.61 Å². The van der Waals surface area contributed by atoms with Crippen molar-refractivity contribution in [1.29, 1.82) is 0 Å². The van der Waals surface area contributed by atoms with Gasteiger partial charge >= 0.3 is 5.97 Å². The predicted octanol–water partition coefficient (Wildman–Crippen LogP) is 5.59. The Morgan fingerprint density at radius 2 is 1.82 bits per heavy atom. The van der Waals surface area contributed by atoms with E-state index in [9.17, 15) is 9.59 Å². The van der Waals surface area contributed by atoms with Crippen molar-refractivity contribution in [3.8, 4) is 0 Å². The second-order valence-corrected chi connectivity index (χ2v) is 9.11. The molecule has 33 heavy (non-hydrogen) atoms. The molecule has 2 aliphatic carbocycles. The van der Waals surface area contributed by atoms with Crippen molar-refractivity contribution < 1.29 is 14.3 Å². The second kappa shape index (κ2) is 9.36. The van der Waals surface area contributed by atoms with Gasteiger partial charge < -0.3 is 10.1 Å². The third kappa shape index (κ3) is 4.64. The molecule has 1 N–H and O–H groups in total. The van der Waals surface area contributed by atoms with Crippen molar-refractivity contribution in [3.05, 3.63) is 75.9 Å². The van der Waals surface area contributed by atoms with Crippen LogP contribution in [0.1, 0.15) is 59.3 Å². The Kier molecular flexibility index (Phi) is 6.14. The van der Waals surface area contributed by atoms with Gasteiger partial charge in [0.15, 0.2) is 6.61 Å². The van der Waals surface area contributed by atoms with Crippen LogP contribution in [0.25, 0.3) is 22.6 Å². The van der Waals surface area contributed by atoms with E-state index in [2.05, 4.69) is 11.4 Å². The number of aromatic nitrogens is 1. The van der Waals surface area contributed by atoms with E-state index < -0.39 is 5.97 Å². The number of hydrogen-bond acceptors (Lipinski definition) is 4. The van der Waals surface area contributed by atoms with E-state index in [0.29, 0.717) is 17.0 Å². The van der Waals surface area contributed by atoms with Crippen LogP contribution in [0.2, 0.25) is 5.02 Å². The number of esters is 1. The summed E-state index contributed by atoms with van der Waals surface area (Å²) in [6.45, 7) is -0.270. The van der Waals surface area contributed by atoms with Gasteiger partial charge in [0.1, 0.15) is 0 Å². The zero-order valence-corrected chi connectivity index (χ0v) is 19.0. The van der Waals surface area contributed by atoms with Gasteiger partial charge in [0, 0.05) is 16.5 Å². The first-order valence-corrected chi connectivity index (χ1v) is 11.8. The molecule has 1 aromatic heterocycles. The van der Waals surface area contributed by atoms with Crippen LogP contribution in [-0.4, -0.2) is 29.5 Å². The smallest absolute Gasteiger partial charge is 0.339 e. The Hall–Kier alpha value is -3.18. The van der Waals surface area contributed by atoms with Crippen molar-refractivity contribution in [3.63, 3.8) is 0 Å². The molecule has 0 atom stereocenters. The van der Waals surface area contributed by atoms with Crippen molar-refractivity contribution in [2.24, 2.45) is 0 Å². The topological polar surface area (TPSA) is 68.3 Å². The van der Waals surface area contributed by atoms with E-state index in [1.165, 1.54) is 0 Å². The van der Waals surface area contributed by atoms with Gasteiger partial charge in [-0.3, -0.25) is 4.79 Å². The highest BCUT2D eigenvalue weighted by Crippen LogP contribution is 2.37. The van der Waals surface area contributed by atoms with Gasteiger partial charge in [-0.25, -0.2) is 9.78 Å². The SMILES string of the molecule is O=C(COC(=O)c1c2c(nc3ccccc13)/C(=C\c1ccc(Cl)cc1)CC2)NC1CCCC1. The van der Waals surface area contributed by atoms with Crippen molar-refractivity contribution in [1.82, 2.24) is 10.3 Å².